The first-order valence-electron chi connectivity index (χ1n) is 13.4. The standard InChI is InChI=1S/C28H38N4O4/c1-18-10-21-16-32(7-4-22(21)30-15-18)27(33)28-13-19(11-20-5-9-35-17-24(20)34-3)12-25(28)36-23(14-28)26-29-6-8-31(26)2/h6,8,10,15,19-20,23-25H,4-5,7,9,11-14,16-17H2,1-3H3/t19-,20?,23?,24?,25-,28+/m1/s1. The van der Waals surface area contributed by atoms with Crippen molar-refractivity contribution in [3.63, 3.8) is 0 Å². The molecule has 3 aliphatic heterocycles. The molecule has 0 spiro atoms. The molecule has 194 valence electrons. The molecule has 2 aromatic heterocycles. The van der Waals surface area contributed by atoms with Crippen LogP contribution in [0.25, 0.3) is 0 Å². The molecule has 8 heteroatoms. The van der Waals surface area contributed by atoms with Crippen LogP contribution in [-0.4, -0.2) is 64.4 Å². The Morgan fingerprint density at radius 1 is 1.31 bits per heavy atom. The molecule has 2 aromatic rings. The van der Waals surface area contributed by atoms with E-state index in [4.69, 9.17) is 14.2 Å². The number of nitrogens with zero attached hydrogens (tertiary/aromatic N) is 4. The smallest absolute Gasteiger partial charge is 0.231 e. The number of imidazole rings is 1. The van der Waals surface area contributed by atoms with E-state index >= 15 is 0 Å². The van der Waals surface area contributed by atoms with Gasteiger partial charge in [-0.3, -0.25) is 9.78 Å². The lowest BCUT2D eigenvalue weighted by molar-refractivity contribution is -0.145. The highest BCUT2D eigenvalue weighted by molar-refractivity contribution is 5.84. The third-order valence-electron chi connectivity index (χ3n) is 9.11. The third-order valence-corrected chi connectivity index (χ3v) is 9.11. The van der Waals surface area contributed by atoms with Crippen molar-refractivity contribution in [3.8, 4) is 0 Å². The topological polar surface area (TPSA) is 78.7 Å². The molecule has 6 atom stereocenters. The number of carbonyl (C=O) groups is 1. The summed E-state index contributed by atoms with van der Waals surface area (Å²) < 4.78 is 20.1. The zero-order valence-electron chi connectivity index (χ0n) is 21.7. The molecule has 6 rings (SSSR count). The molecule has 0 N–H and O–H groups in total. The minimum absolute atomic E-state index is 0.0745. The van der Waals surface area contributed by atoms with Crippen LogP contribution in [0.3, 0.4) is 0 Å². The van der Waals surface area contributed by atoms with Crippen molar-refractivity contribution in [1.82, 2.24) is 19.4 Å². The predicted molar refractivity (Wildman–Crippen MR) is 133 cm³/mol. The molecule has 8 nitrogen and oxygen atoms in total. The fourth-order valence-electron chi connectivity index (χ4n) is 7.32. The lowest BCUT2D eigenvalue weighted by Gasteiger charge is -2.37. The molecular formula is C28H38N4O4. The van der Waals surface area contributed by atoms with E-state index in [2.05, 4.69) is 27.9 Å². The zero-order valence-corrected chi connectivity index (χ0v) is 21.7. The Hall–Kier alpha value is -2.29. The monoisotopic (exact) mass is 494 g/mol. The Bertz CT molecular complexity index is 1120. The van der Waals surface area contributed by atoms with E-state index in [9.17, 15) is 4.79 Å². The van der Waals surface area contributed by atoms with E-state index in [1.54, 1.807) is 7.11 Å². The van der Waals surface area contributed by atoms with Crippen molar-refractivity contribution >= 4 is 5.91 Å². The lowest BCUT2D eigenvalue weighted by atomic mass is 9.77. The first kappa shape index (κ1) is 24.1. The maximum atomic E-state index is 14.4. The SMILES string of the molecule is COC1COCCC1C[C@@H]1C[C@H]2OC(c3nccn3C)C[C@@]2(C(=O)N2CCc3ncc(C)cc3C2)C1. The maximum Gasteiger partial charge on any atom is 0.231 e. The van der Waals surface area contributed by atoms with Gasteiger partial charge in [0.1, 0.15) is 11.9 Å². The van der Waals surface area contributed by atoms with E-state index in [-0.39, 0.29) is 24.2 Å². The fraction of sp³-hybridized carbons (Fsp3) is 0.679. The highest BCUT2D eigenvalue weighted by Gasteiger charge is 2.61. The lowest BCUT2D eigenvalue weighted by Crippen LogP contribution is -2.48. The summed E-state index contributed by atoms with van der Waals surface area (Å²) in [7, 11) is 3.79. The Labute approximate surface area is 213 Å². The van der Waals surface area contributed by atoms with Crippen molar-refractivity contribution in [2.45, 2.75) is 70.3 Å². The molecule has 36 heavy (non-hydrogen) atoms. The average Bonchev–Trinajstić information content (AvgIpc) is 3.55. The quantitative estimate of drug-likeness (QED) is 0.634. The van der Waals surface area contributed by atoms with Gasteiger partial charge in [0.15, 0.2) is 0 Å². The van der Waals surface area contributed by atoms with Gasteiger partial charge in [-0.25, -0.2) is 4.98 Å². The summed E-state index contributed by atoms with van der Waals surface area (Å²) in [5.41, 5.74) is 2.95. The van der Waals surface area contributed by atoms with E-state index in [1.807, 2.05) is 30.2 Å². The molecular weight excluding hydrogens is 456 g/mol. The summed E-state index contributed by atoms with van der Waals surface area (Å²) >= 11 is 0. The Morgan fingerprint density at radius 2 is 2.19 bits per heavy atom. The molecule has 4 aliphatic rings. The number of hydrogen-bond acceptors (Lipinski definition) is 6. The first-order valence-corrected chi connectivity index (χ1v) is 13.4. The van der Waals surface area contributed by atoms with Gasteiger partial charge in [-0.15, -0.1) is 0 Å². The Balaban J connectivity index is 1.25. The Morgan fingerprint density at radius 3 is 3.00 bits per heavy atom. The highest BCUT2D eigenvalue weighted by Crippen LogP contribution is 2.58. The summed E-state index contributed by atoms with van der Waals surface area (Å²) in [6.07, 6.45) is 11.0. The molecule has 5 heterocycles. The number of rotatable bonds is 5. The molecule has 3 fully saturated rings. The number of pyridine rings is 1. The van der Waals surface area contributed by atoms with Gasteiger partial charge >= 0.3 is 0 Å². The van der Waals surface area contributed by atoms with Crippen LogP contribution in [0.1, 0.15) is 60.9 Å². The van der Waals surface area contributed by atoms with E-state index in [1.165, 1.54) is 5.56 Å². The van der Waals surface area contributed by atoms with Crippen LogP contribution in [0.2, 0.25) is 0 Å². The van der Waals surface area contributed by atoms with E-state index in [0.29, 0.717) is 31.4 Å². The number of methoxy groups -OCH3 is 1. The van der Waals surface area contributed by atoms with Gasteiger partial charge in [0.25, 0.3) is 0 Å². The number of amides is 1. The second kappa shape index (κ2) is 9.54. The van der Waals surface area contributed by atoms with Crippen molar-refractivity contribution in [1.29, 1.82) is 0 Å². The number of ether oxygens (including phenoxy) is 3. The van der Waals surface area contributed by atoms with Gasteiger partial charge in [-0.1, -0.05) is 6.07 Å². The van der Waals surface area contributed by atoms with Crippen LogP contribution in [0.5, 0.6) is 0 Å². The number of aromatic nitrogens is 3. The molecule has 2 saturated heterocycles. The molecule has 0 radical (unpaired) electrons. The van der Waals surface area contributed by atoms with Crippen LogP contribution in [0.15, 0.2) is 24.7 Å². The highest BCUT2D eigenvalue weighted by atomic mass is 16.5. The molecule has 0 bridgehead atoms. The maximum absolute atomic E-state index is 14.4. The fourth-order valence-corrected chi connectivity index (χ4v) is 7.32. The van der Waals surface area contributed by atoms with Gasteiger partial charge in [0, 0.05) is 64.6 Å². The number of aryl methyl sites for hydroxylation is 2. The predicted octanol–water partition coefficient (Wildman–Crippen LogP) is 3.38. The summed E-state index contributed by atoms with van der Waals surface area (Å²) in [5.74, 6) is 2.10. The van der Waals surface area contributed by atoms with Gasteiger partial charge in [-0.05, 0) is 62.0 Å². The second-order valence-corrected chi connectivity index (χ2v) is 11.4. The van der Waals surface area contributed by atoms with Gasteiger partial charge < -0.3 is 23.7 Å². The van der Waals surface area contributed by atoms with Crippen LogP contribution in [-0.2, 0) is 39.0 Å². The Kier molecular flexibility index (Phi) is 6.38. The number of carbonyl (C=O) groups excluding carboxylic acids is 1. The third kappa shape index (κ3) is 4.17. The summed E-state index contributed by atoms with van der Waals surface area (Å²) in [5, 5.41) is 0. The van der Waals surface area contributed by atoms with E-state index in [0.717, 1.165) is 62.3 Å². The molecule has 1 amide bonds. The minimum atomic E-state index is -0.496. The van der Waals surface area contributed by atoms with E-state index < -0.39 is 5.41 Å². The number of fused-ring (bicyclic) bond motifs is 2. The summed E-state index contributed by atoms with van der Waals surface area (Å²) in [4.78, 5) is 25.7. The largest absolute Gasteiger partial charge is 0.379 e. The number of hydrogen-bond donors (Lipinski definition) is 0. The van der Waals surface area contributed by atoms with Gasteiger partial charge in [0.05, 0.1) is 24.2 Å². The average molecular weight is 495 g/mol. The second-order valence-electron chi connectivity index (χ2n) is 11.4. The van der Waals surface area contributed by atoms with Crippen LogP contribution >= 0.6 is 0 Å². The summed E-state index contributed by atoms with van der Waals surface area (Å²) in [6.45, 7) is 4.89. The zero-order chi connectivity index (χ0) is 24.9. The normalized spacial score (nSPS) is 34.0. The van der Waals surface area contributed by atoms with Crippen molar-refractivity contribution in [2.75, 3.05) is 26.9 Å². The van der Waals surface area contributed by atoms with Crippen LogP contribution < -0.4 is 0 Å². The van der Waals surface area contributed by atoms with Crippen LogP contribution in [0, 0.1) is 24.2 Å². The molecule has 1 saturated carbocycles. The molecule has 0 aromatic carbocycles. The molecule has 3 unspecified atom stereocenters. The van der Waals surface area contributed by atoms with Crippen molar-refractivity contribution in [3.05, 3.63) is 47.3 Å². The minimum Gasteiger partial charge on any atom is -0.379 e. The summed E-state index contributed by atoms with van der Waals surface area (Å²) in [6, 6.07) is 2.19. The van der Waals surface area contributed by atoms with Gasteiger partial charge in [-0.2, -0.15) is 0 Å². The van der Waals surface area contributed by atoms with Crippen molar-refractivity contribution < 1.29 is 19.0 Å². The molecule has 1 aliphatic carbocycles. The first-order chi connectivity index (χ1) is 17.5. The van der Waals surface area contributed by atoms with Crippen molar-refractivity contribution in [2.24, 2.45) is 24.3 Å². The van der Waals surface area contributed by atoms with Gasteiger partial charge in [0.2, 0.25) is 5.91 Å². The van der Waals surface area contributed by atoms with Crippen LogP contribution in [0.4, 0.5) is 0 Å².